The highest BCUT2D eigenvalue weighted by atomic mass is 35.5. The molecule has 0 fully saturated rings. The quantitative estimate of drug-likeness (QED) is 0.194. The van der Waals surface area contributed by atoms with Crippen LogP contribution in [-0.2, 0) is 0 Å². The average Bonchev–Trinajstić information content (AvgIpc) is 2.53. The maximum absolute atomic E-state index is 2.43. The van der Waals surface area contributed by atoms with Gasteiger partial charge in [0.05, 0.1) is 24.6 Å². The van der Waals surface area contributed by atoms with Crippen LogP contribution in [0.3, 0.4) is 0 Å². The van der Waals surface area contributed by atoms with E-state index in [2.05, 4.69) is 27.7 Å². The lowest BCUT2D eigenvalue weighted by molar-refractivity contribution is 0.548. The molecular weight excluding hydrogens is 307 g/mol. The molecule has 0 rings (SSSR count). The van der Waals surface area contributed by atoms with Crippen molar-refractivity contribution in [3.63, 3.8) is 0 Å². The molecule has 0 radical (unpaired) electrons. The lowest BCUT2D eigenvalue weighted by Gasteiger charge is -2.23. The second kappa shape index (κ2) is 18.1. The van der Waals surface area contributed by atoms with Gasteiger partial charge in [0.2, 0.25) is 0 Å². The number of halogens is 1. The minimum Gasteiger partial charge on any atom is -0.147 e. The SMILES string of the molecule is CCCCCCCCCCCCCC[P+](CC)(CC)CC.Cl. The minimum absolute atomic E-state index is 0. The zero-order valence-electron chi connectivity index (χ0n) is 16.2. The van der Waals surface area contributed by atoms with Crippen LogP contribution in [0.5, 0.6) is 0 Å². The van der Waals surface area contributed by atoms with Crippen LogP contribution in [-0.4, -0.2) is 24.6 Å². The average molecular weight is 352 g/mol. The molecule has 0 amide bonds. The van der Waals surface area contributed by atoms with Gasteiger partial charge in [0, 0.05) is 7.26 Å². The summed E-state index contributed by atoms with van der Waals surface area (Å²) in [4.78, 5) is 0. The Labute approximate surface area is 149 Å². The van der Waals surface area contributed by atoms with Gasteiger partial charge in [-0.1, -0.05) is 71.1 Å². The summed E-state index contributed by atoms with van der Waals surface area (Å²) in [5, 5.41) is 0. The van der Waals surface area contributed by atoms with E-state index in [1.165, 1.54) is 95.5 Å². The van der Waals surface area contributed by atoms with Gasteiger partial charge < -0.3 is 0 Å². The zero-order valence-corrected chi connectivity index (χ0v) is 17.9. The van der Waals surface area contributed by atoms with E-state index in [-0.39, 0.29) is 12.4 Å². The van der Waals surface area contributed by atoms with Crippen molar-refractivity contribution in [2.75, 3.05) is 24.6 Å². The first-order chi connectivity index (χ1) is 10.2. The molecule has 136 valence electrons. The Balaban J connectivity index is 0. The van der Waals surface area contributed by atoms with Crippen LogP contribution in [0.25, 0.3) is 0 Å². The van der Waals surface area contributed by atoms with E-state index >= 15 is 0 Å². The van der Waals surface area contributed by atoms with Gasteiger partial charge in [-0.2, -0.15) is 0 Å². The van der Waals surface area contributed by atoms with E-state index in [1.54, 1.807) is 6.16 Å². The summed E-state index contributed by atoms with van der Waals surface area (Å²) in [6, 6.07) is 0. The molecule has 0 saturated heterocycles. The molecular formula is C20H45ClP+. The molecule has 0 nitrogen and oxygen atoms in total. The Kier molecular flexibility index (Phi) is 20.5. The summed E-state index contributed by atoms with van der Waals surface area (Å²) < 4.78 is 0. The predicted octanol–water partition coefficient (Wildman–Crippen LogP) is 8.19. The third-order valence-electron chi connectivity index (χ3n) is 5.50. The first kappa shape index (κ1) is 25.0. The molecule has 0 saturated carbocycles. The fourth-order valence-electron chi connectivity index (χ4n) is 3.43. The number of hydrogen-bond acceptors (Lipinski definition) is 0. The van der Waals surface area contributed by atoms with Gasteiger partial charge in [-0.05, 0) is 33.6 Å². The molecule has 0 aromatic rings. The van der Waals surface area contributed by atoms with Gasteiger partial charge in [0.15, 0.2) is 0 Å². The summed E-state index contributed by atoms with van der Waals surface area (Å²) in [5.74, 6) is 0. The van der Waals surface area contributed by atoms with Crippen molar-refractivity contribution >= 4 is 19.7 Å². The fourth-order valence-corrected chi connectivity index (χ4v) is 6.62. The molecule has 0 aromatic heterocycles. The molecule has 0 unspecified atom stereocenters. The molecule has 0 aromatic carbocycles. The Morgan fingerprint density at radius 1 is 0.455 bits per heavy atom. The number of rotatable bonds is 16. The summed E-state index contributed by atoms with van der Waals surface area (Å²) in [7, 11) is -0.519. The molecule has 0 aliphatic carbocycles. The van der Waals surface area contributed by atoms with Crippen molar-refractivity contribution in [1.82, 2.24) is 0 Å². The monoisotopic (exact) mass is 351 g/mol. The molecule has 0 spiro atoms. The topological polar surface area (TPSA) is 0 Å². The first-order valence-corrected chi connectivity index (χ1v) is 12.6. The summed E-state index contributed by atoms with van der Waals surface area (Å²) >= 11 is 0. The third-order valence-corrected chi connectivity index (χ3v) is 10.8. The Hall–Kier alpha value is 0.720. The molecule has 0 bridgehead atoms. The van der Waals surface area contributed by atoms with Crippen molar-refractivity contribution < 1.29 is 0 Å². The normalized spacial score (nSPS) is 11.5. The largest absolute Gasteiger partial charge is 0.147 e. The van der Waals surface area contributed by atoms with E-state index in [4.69, 9.17) is 0 Å². The van der Waals surface area contributed by atoms with Crippen molar-refractivity contribution in [2.24, 2.45) is 0 Å². The van der Waals surface area contributed by atoms with Crippen LogP contribution >= 0.6 is 19.7 Å². The third kappa shape index (κ3) is 13.2. The highest BCUT2D eigenvalue weighted by Gasteiger charge is 2.29. The molecule has 2 heteroatoms. The fraction of sp³-hybridized carbons (Fsp3) is 1.00. The highest BCUT2D eigenvalue weighted by molar-refractivity contribution is 7.75. The molecule has 0 heterocycles. The van der Waals surface area contributed by atoms with Crippen LogP contribution in [0.1, 0.15) is 105 Å². The van der Waals surface area contributed by atoms with Gasteiger partial charge in [-0.15, -0.1) is 12.4 Å². The van der Waals surface area contributed by atoms with Gasteiger partial charge in [0.1, 0.15) is 0 Å². The second-order valence-corrected chi connectivity index (χ2v) is 11.9. The van der Waals surface area contributed by atoms with Crippen molar-refractivity contribution in [2.45, 2.75) is 105 Å². The van der Waals surface area contributed by atoms with Crippen LogP contribution in [0.2, 0.25) is 0 Å². The van der Waals surface area contributed by atoms with Crippen LogP contribution < -0.4 is 0 Å². The smallest absolute Gasteiger partial charge is 0.0594 e. The van der Waals surface area contributed by atoms with Crippen molar-refractivity contribution in [1.29, 1.82) is 0 Å². The summed E-state index contributed by atoms with van der Waals surface area (Å²) in [6.07, 6.45) is 23.7. The maximum atomic E-state index is 2.43. The van der Waals surface area contributed by atoms with E-state index in [9.17, 15) is 0 Å². The van der Waals surface area contributed by atoms with E-state index < -0.39 is 7.26 Å². The standard InChI is InChI=1S/C20H44P.ClH/c1-5-9-10-11-12-13-14-15-16-17-18-19-20-21(6-2,7-3)8-4;/h5-20H2,1-4H3;1H/q+1;. The van der Waals surface area contributed by atoms with E-state index in [0.29, 0.717) is 0 Å². The Bertz CT molecular complexity index is 194. The minimum atomic E-state index is -0.519. The molecule has 0 aliphatic rings. The maximum Gasteiger partial charge on any atom is 0.0594 e. The molecule has 0 N–H and O–H groups in total. The molecule has 22 heavy (non-hydrogen) atoms. The van der Waals surface area contributed by atoms with Crippen molar-refractivity contribution in [3.8, 4) is 0 Å². The van der Waals surface area contributed by atoms with Crippen LogP contribution in [0.15, 0.2) is 0 Å². The van der Waals surface area contributed by atoms with Gasteiger partial charge >= 0.3 is 0 Å². The van der Waals surface area contributed by atoms with Gasteiger partial charge in [0.25, 0.3) is 0 Å². The lowest BCUT2D eigenvalue weighted by atomic mass is 10.1. The molecule has 0 aliphatic heterocycles. The van der Waals surface area contributed by atoms with E-state index in [1.807, 2.05) is 0 Å². The Morgan fingerprint density at radius 3 is 1.09 bits per heavy atom. The van der Waals surface area contributed by atoms with Gasteiger partial charge in [-0.3, -0.25) is 0 Å². The predicted molar refractivity (Wildman–Crippen MR) is 112 cm³/mol. The summed E-state index contributed by atoms with van der Waals surface area (Å²) in [5.41, 5.74) is 0. The summed E-state index contributed by atoms with van der Waals surface area (Å²) in [6.45, 7) is 9.59. The van der Waals surface area contributed by atoms with Crippen LogP contribution in [0.4, 0.5) is 0 Å². The number of unbranched alkanes of at least 4 members (excludes halogenated alkanes) is 11. The van der Waals surface area contributed by atoms with Gasteiger partial charge in [-0.25, -0.2) is 0 Å². The zero-order chi connectivity index (χ0) is 15.8. The van der Waals surface area contributed by atoms with E-state index in [0.717, 1.165) is 0 Å². The Morgan fingerprint density at radius 2 is 0.773 bits per heavy atom. The lowest BCUT2D eigenvalue weighted by Crippen LogP contribution is -2.07. The second-order valence-electron chi connectivity index (χ2n) is 6.90. The first-order valence-electron chi connectivity index (χ1n) is 10.1. The highest BCUT2D eigenvalue weighted by Crippen LogP contribution is 2.58. The molecule has 0 atom stereocenters. The van der Waals surface area contributed by atoms with Crippen molar-refractivity contribution in [3.05, 3.63) is 0 Å². The number of hydrogen-bond donors (Lipinski definition) is 0. The van der Waals surface area contributed by atoms with Crippen LogP contribution in [0, 0.1) is 0 Å².